The van der Waals surface area contributed by atoms with E-state index in [1.54, 1.807) is 44.5 Å². The van der Waals surface area contributed by atoms with E-state index >= 15 is 0 Å². The Bertz CT molecular complexity index is 3680. The molecule has 4 aromatic carbocycles. The van der Waals surface area contributed by atoms with Crippen molar-refractivity contribution in [1.29, 1.82) is 0 Å². The second-order valence-corrected chi connectivity index (χ2v) is 68.1. The van der Waals surface area contributed by atoms with Gasteiger partial charge in [0.25, 0.3) is 18.1 Å². The van der Waals surface area contributed by atoms with Crippen molar-refractivity contribution >= 4 is 38.8 Å². The van der Waals surface area contributed by atoms with Crippen LogP contribution in [-0.2, 0) is 69.1 Å². The van der Waals surface area contributed by atoms with Gasteiger partial charge >= 0.3 is 0 Å². The minimum atomic E-state index is -2.59. The summed E-state index contributed by atoms with van der Waals surface area (Å²) >= 11 is 0. The van der Waals surface area contributed by atoms with Crippen LogP contribution in [0.1, 0.15) is 559 Å². The van der Waals surface area contributed by atoms with E-state index in [2.05, 4.69) is 464 Å². The molecule has 0 saturated heterocycles. The quantitative estimate of drug-likeness (QED) is 0.0473. The van der Waals surface area contributed by atoms with Crippen molar-refractivity contribution in [1.82, 2.24) is 0 Å². The molecule has 0 aliphatic rings. The van der Waals surface area contributed by atoms with Gasteiger partial charge in [0.1, 0.15) is 0 Å². The van der Waals surface area contributed by atoms with Crippen molar-refractivity contribution in [3.63, 3.8) is 0 Å². The first-order valence-corrected chi connectivity index (χ1v) is 52.4. The Hall–Kier alpha value is -2.73. The minimum absolute atomic E-state index is 0.00882. The summed E-state index contributed by atoms with van der Waals surface area (Å²) < 4.78 is 10.4. The molecule has 4 rings (SSSR count). The molecule has 0 spiro atoms. The van der Waals surface area contributed by atoms with Gasteiger partial charge in [-0.05, 0) is 295 Å². The SMILES string of the molecule is CC(C)(C)CC(C)(C)c1ccc([Si](O[Si](c2ccc(C(C)(C)CC(C)(C)C)c(C(C)(C)CC(C)(C)C)c2C(C)(C)CC(C)(C)C)c2ccc(C(C)(C)CC(C)(C)C)c(C(C)(C)CC(C)(C)C)c2C(C)(C)CC(C)(C)C)c2ccc(C(C)(C)CC(C)(C)C)c(C(C)(C)CC(C)(C)C)c2C(C)(C)CC(C)(C)C)c(C(C)(C)CC(C)(C)C)c1C(C)(C)CC(C)(C)C. The van der Waals surface area contributed by atoms with Crippen molar-refractivity contribution in [2.45, 2.75) is 557 Å². The molecule has 706 valence electrons. The number of hydrogen-bond donors (Lipinski definition) is 0. The highest BCUT2D eigenvalue weighted by Gasteiger charge is 2.53. The number of benzene rings is 4. The average molecular weight is 1730 g/mol. The fourth-order valence-corrected chi connectivity index (χ4v) is 35.5. The molecule has 0 aliphatic carbocycles. The third-order valence-corrected chi connectivity index (χ3v) is 31.3. The van der Waals surface area contributed by atoms with Crippen LogP contribution in [0.2, 0.25) is 0 Å². The molecule has 0 N–H and O–H groups in total. The lowest BCUT2D eigenvalue weighted by molar-refractivity contribution is 0.253. The van der Waals surface area contributed by atoms with E-state index in [1.807, 2.05) is 0 Å². The lowest BCUT2D eigenvalue weighted by Gasteiger charge is -2.48. The van der Waals surface area contributed by atoms with Crippen LogP contribution in [0.25, 0.3) is 0 Å². The van der Waals surface area contributed by atoms with E-state index in [0.717, 1.165) is 77.0 Å². The lowest BCUT2D eigenvalue weighted by Crippen LogP contribution is -2.62. The summed E-state index contributed by atoms with van der Waals surface area (Å²) in [5, 5.41) is 5.88. The Balaban J connectivity index is 3.25. The second-order valence-electron chi connectivity index (χ2n) is 63.9. The van der Waals surface area contributed by atoms with Crippen molar-refractivity contribution in [2.24, 2.45) is 65.0 Å². The van der Waals surface area contributed by atoms with E-state index in [-0.39, 0.29) is 130 Å². The highest BCUT2D eigenvalue weighted by molar-refractivity contribution is 6.92. The molecule has 0 bridgehead atoms. The van der Waals surface area contributed by atoms with Gasteiger partial charge in [0.05, 0.1) is 0 Å². The van der Waals surface area contributed by atoms with E-state index in [0.29, 0.717) is 0 Å². The van der Waals surface area contributed by atoms with Crippen LogP contribution in [0.15, 0.2) is 48.5 Å². The molecule has 0 aliphatic heterocycles. The lowest BCUT2D eigenvalue weighted by atomic mass is 9.60. The summed E-state index contributed by atoms with van der Waals surface area (Å²) in [4.78, 5) is 0. The van der Waals surface area contributed by atoms with Crippen LogP contribution in [0, 0.1) is 65.0 Å². The third kappa shape index (κ3) is 31.2. The van der Waals surface area contributed by atoms with Crippen LogP contribution in [-0.4, -0.2) is 18.1 Å². The molecule has 2 radical (unpaired) electrons. The third-order valence-electron chi connectivity index (χ3n) is 26.0. The Kier molecular flexibility index (Phi) is 32.7. The van der Waals surface area contributed by atoms with E-state index in [4.69, 9.17) is 0 Å². The molecule has 123 heavy (non-hydrogen) atoms. The van der Waals surface area contributed by atoms with Gasteiger partial charge in [-0.25, -0.2) is 0 Å². The van der Waals surface area contributed by atoms with Gasteiger partial charge in [-0.1, -0.05) is 464 Å². The Morgan fingerprint density at radius 2 is 0.236 bits per heavy atom. The molecule has 0 saturated carbocycles. The summed E-state index contributed by atoms with van der Waals surface area (Å²) in [7, 11) is -5.18. The maximum Gasteiger partial charge on any atom is 0.273 e. The van der Waals surface area contributed by atoms with Gasteiger partial charge < -0.3 is 4.12 Å². The maximum absolute atomic E-state index is 10.4. The summed E-state index contributed by atoms with van der Waals surface area (Å²) in [5.41, 5.74) is 15.5. The minimum Gasteiger partial charge on any atom is -0.442 e. The molecule has 0 aromatic heterocycles. The standard InChI is InChI=1S/C120H212OSi2/c1-97(2,3)69-109(37,38)81-61-65-85(93(117(53,54)77-105(25,26)27)89(81)113(45,46)73-101(13,14)15)122(86-66-62-82(110(39,40)70-98(4,5)6)90(114(47,48)74-102(16,17)18)94(86)118(55,56)78-106(28,29)30)121-123(87-67-63-83(111(41,42)71-99(7,8)9)91(115(49,50)75-103(19,20)21)95(87)119(57,58)79-107(31,32)33)88-68-64-84(112(43,44)72-100(10,11)12)92(116(51,52)76-104(22,23)24)96(88)120(59,60)80-108(34,35)36/h61-68H,69-80H2,1-60H3. The van der Waals surface area contributed by atoms with Gasteiger partial charge in [-0.2, -0.15) is 0 Å². The zero-order valence-corrected chi connectivity index (χ0v) is 96.5. The topological polar surface area (TPSA) is 9.23 Å². The van der Waals surface area contributed by atoms with Crippen molar-refractivity contribution < 1.29 is 4.12 Å². The molecular formula is C120H212OSi2. The normalized spacial score (nSPS) is 15.4. The average Bonchev–Trinajstić information content (AvgIpc) is 0.710. The van der Waals surface area contributed by atoms with Crippen molar-refractivity contribution in [3.05, 3.63) is 115 Å². The van der Waals surface area contributed by atoms with E-state index < -0.39 is 18.1 Å². The zero-order chi connectivity index (χ0) is 97.2. The van der Waals surface area contributed by atoms with Crippen LogP contribution in [0.3, 0.4) is 0 Å². The fraction of sp³-hybridized carbons (Fsp3) is 0.800. The van der Waals surface area contributed by atoms with Crippen LogP contribution in [0.4, 0.5) is 0 Å². The summed E-state index contributed by atoms with van der Waals surface area (Å²) in [6.07, 6.45) is 12.3. The van der Waals surface area contributed by atoms with Gasteiger partial charge in [-0.15, -0.1) is 0 Å². The van der Waals surface area contributed by atoms with E-state index in [1.165, 1.54) is 43.0 Å². The fourth-order valence-electron chi connectivity index (χ4n) is 28.7. The van der Waals surface area contributed by atoms with Gasteiger partial charge in [0, 0.05) is 0 Å². The first kappa shape index (κ1) is 113. The molecule has 0 amide bonds. The number of hydrogen-bond acceptors (Lipinski definition) is 1. The predicted molar refractivity (Wildman–Crippen MR) is 562 cm³/mol. The molecule has 0 atom stereocenters. The molecule has 0 fully saturated rings. The van der Waals surface area contributed by atoms with Gasteiger partial charge in [0.2, 0.25) is 0 Å². The molecule has 1 nitrogen and oxygen atoms in total. The van der Waals surface area contributed by atoms with Crippen molar-refractivity contribution in [2.75, 3.05) is 0 Å². The van der Waals surface area contributed by atoms with Crippen LogP contribution < -0.4 is 20.7 Å². The highest BCUT2D eigenvalue weighted by Crippen LogP contribution is 2.57. The molecule has 0 unspecified atom stereocenters. The summed E-state index contributed by atoms with van der Waals surface area (Å²) in [6.45, 7) is 155. The van der Waals surface area contributed by atoms with Gasteiger partial charge in [-0.3, -0.25) is 0 Å². The molecular weight excluding hydrogens is 1510 g/mol. The Morgan fingerprint density at radius 3 is 0.341 bits per heavy atom. The zero-order valence-electron chi connectivity index (χ0n) is 94.5. The molecule has 4 aromatic rings. The molecule has 0 heterocycles. The Morgan fingerprint density at radius 1 is 0.138 bits per heavy atom. The van der Waals surface area contributed by atoms with Crippen LogP contribution >= 0.6 is 0 Å². The maximum atomic E-state index is 10.4. The largest absolute Gasteiger partial charge is 0.442 e. The number of rotatable bonds is 30. The first-order chi connectivity index (χ1) is 53.4. The predicted octanol–water partition coefficient (Wildman–Crippen LogP) is 35.2. The van der Waals surface area contributed by atoms with Crippen LogP contribution in [0.5, 0.6) is 0 Å². The van der Waals surface area contributed by atoms with E-state index in [9.17, 15) is 4.12 Å². The summed E-state index contributed by atoms with van der Waals surface area (Å²) in [6, 6.07) is 22.3. The smallest absolute Gasteiger partial charge is 0.273 e. The first-order valence-electron chi connectivity index (χ1n) is 49.5. The molecule has 3 heteroatoms. The van der Waals surface area contributed by atoms with Gasteiger partial charge in [0.15, 0.2) is 0 Å². The monoisotopic (exact) mass is 1730 g/mol. The Labute approximate surface area is 775 Å². The summed E-state index contributed by atoms with van der Waals surface area (Å²) in [5.74, 6) is 0. The second kappa shape index (κ2) is 35.7. The van der Waals surface area contributed by atoms with Crippen molar-refractivity contribution in [3.8, 4) is 0 Å². The highest BCUT2D eigenvalue weighted by atomic mass is 28.4.